The summed E-state index contributed by atoms with van der Waals surface area (Å²) in [4.78, 5) is 33.6. The molecule has 0 saturated carbocycles. The van der Waals surface area contributed by atoms with Gasteiger partial charge in [-0.15, -0.1) is 0 Å². The van der Waals surface area contributed by atoms with Gasteiger partial charge in [0.1, 0.15) is 13.2 Å². The highest BCUT2D eigenvalue weighted by atomic mass is 16.6. The van der Waals surface area contributed by atoms with E-state index in [1.807, 2.05) is 0 Å². The summed E-state index contributed by atoms with van der Waals surface area (Å²) in [6, 6.07) is 6.84. The molecular weight excluding hydrogens is 288 g/mol. The molecule has 116 valence electrons. The number of amides is 1. The van der Waals surface area contributed by atoms with Gasteiger partial charge in [0.25, 0.3) is 6.08 Å². The number of anilines is 1. The predicted octanol–water partition coefficient (Wildman–Crippen LogP) is 2.31. The first kappa shape index (κ1) is 17.1. The molecule has 0 aliphatic heterocycles. The van der Waals surface area contributed by atoms with Crippen LogP contribution in [0.1, 0.15) is 12.5 Å². The standard InChI is InChI=1S/C15H16N2O5/c1-11(2)14(19)21-8-9-22-15(20)17(16-10-18)13-7-5-4-6-12(13)3/h4-7H,1,8-9H2,2-3H3. The minimum absolute atomic E-state index is 0.121. The van der Waals surface area contributed by atoms with E-state index in [0.717, 1.165) is 10.6 Å². The Morgan fingerprint density at radius 3 is 2.50 bits per heavy atom. The number of hydrazone groups is 1. The molecule has 0 fully saturated rings. The average molecular weight is 304 g/mol. The molecule has 1 aromatic rings. The van der Waals surface area contributed by atoms with Crippen LogP contribution in [0.2, 0.25) is 0 Å². The molecular formula is C15H16N2O5. The Bertz CT molecular complexity index is 620. The van der Waals surface area contributed by atoms with Crippen LogP contribution < -0.4 is 5.01 Å². The van der Waals surface area contributed by atoms with Crippen molar-refractivity contribution in [2.24, 2.45) is 5.10 Å². The van der Waals surface area contributed by atoms with Crippen LogP contribution >= 0.6 is 0 Å². The van der Waals surface area contributed by atoms with E-state index in [-0.39, 0.29) is 18.8 Å². The van der Waals surface area contributed by atoms with Crippen molar-refractivity contribution in [2.75, 3.05) is 18.2 Å². The van der Waals surface area contributed by atoms with Crippen molar-refractivity contribution in [1.29, 1.82) is 0 Å². The lowest BCUT2D eigenvalue weighted by atomic mass is 10.2. The number of para-hydroxylation sites is 1. The summed E-state index contributed by atoms with van der Waals surface area (Å²) in [5.41, 5.74) is 1.38. The fourth-order valence-electron chi connectivity index (χ4n) is 1.48. The lowest BCUT2D eigenvalue weighted by molar-refractivity contribution is -0.139. The van der Waals surface area contributed by atoms with Crippen LogP contribution in [0.25, 0.3) is 0 Å². The van der Waals surface area contributed by atoms with Gasteiger partial charge in [-0.3, -0.25) is 0 Å². The van der Waals surface area contributed by atoms with Gasteiger partial charge in [-0.1, -0.05) is 29.9 Å². The molecule has 0 saturated heterocycles. The minimum atomic E-state index is -0.871. The van der Waals surface area contributed by atoms with Gasteiger partial charge >= 0.3 is 12.1 Å². The molecule has 0 atom stereocenters. The number of ether oxygens (including phenoxy) is 2. The summed E-state index contributed by atoms with van der Waals surface area (Å²) >= 11 is 0. The molecule has 0 N–H and O–H groups in total. The van der Waals surface area contributed by atoms with Gasteiger partial charge in [-0.05, 0) is 25.5 Å². The molecule has 0 bridgehead atoms. The van der Waals surface area contributed by atoms with Crippen LogP contribution in [-0.4, -0.2) is 31.4 Å². The quantitative estimate of drug-likeness (QED) is 0.201. The normalized spacial score (nSPS) is 9.36. The molecule has 0 unspecified atom stereocenters. The first-order valence-electron chi connectivity index (χ1n) is 6.40. The van der Waals surface area contributed by atoms with Crippen molar-refractivity contribution in [3.05, 3.63) is 42.0 Å². The molecule has 0 aliphatic carbocycles. The van der Waals surface area contributed by atoms with Crippen molar-refractivity contribution < 1.29 is 23.9 Å². The Labute approximate surface area is 127 Å². The monoisotopic (exact) mass is 304 g/mol. The van der Waals surface area contributed by atoms with Gasteiger partial charge in [0.15, 0.2) is 0 Å². The zero-order chi connectivity index (χ0) is 16.5. The maximum Gasteiger partial charge on any atom is 0.436 e. The molecule has 7 nitrogen and oxygen atoms in total. The Hall–Kier alpha value is -2.92. The summed E-state index contributed by atoms with van der Waals surface area (Å²) in [6.07, 6.45) is 0.430. The first-order chi connectivity index (χ1) is 10.5. The van der Waals surface area contributed by atoms with E-state index in [0.29, 0.717) is 5.69 Å². The van der Waals surface area contributed by atoms with Gasteiger partial charge in [-0.2, -0.15) is 5.01 Å². The smallest absolute Gasteiger partial charge is 0.436 e. The van der Waals surface area contributed by atoms with Gasteiger partial charge < -0.3 is 9.47 Å². The van der Waals surface area contributed by atoms with E-state index in [2.05, 4.69) is 11.7 Å². The molecule has 1 rings (SSSR count). The zero-order valence-electron chi connectivity index (χ0n) is 12.4. The molecule has 0 aliphatic rings. The van der Waals surface area contributed by atoms with Crippen LogP contribution in [-0.2, 0) is 19.1 Å². The van der Waals surface area contributed by atoms with Crippen LogP contribution in [0.5, 0.6) is 0 Å². The number of hydrogen-bond acceptors (Lipinski definition) is 6. The third kappa shape index (κ3) is 4.88. The fraction of sp³-hybridized carbons (Fsp3) is 0.267. The van der Waals surface area contributed by atoms with Gasteiger partial charge in [0.05, 0.1) is 5.69 Å². The Balaban J connectivity index is 2.64. The highest BCUT2D eigenvalue weighted by Crippen LogP contribution is 2.20. The van der Waals surface area contributed by atoms with Crippen molar-refractivity contribution in [1.82, 2.24) is 0 Å². The molecule has 1 aromatic carbocycles. The highest BCUT2D eigenvalue weighted by molar-refractivity contribution is 5.88. The number of hydrogen-bond donors (Lipinski definition) is 0. The van der Waals surface area contributed by atoms with E-state index in [9.17, 15) is 14.4 Å². The largest absolute Gasteiger partial charge is 0.459 e. The SMILES string of the molecule is C=C(C)C(=O)OCCOC(=O)N(N=C=O)c1ccccc1C. The number of nitrogens with zero attached hydrogens (tertiary/aromatic N) is 2. The fourth-order valence-corrected chi connectivity index (χ4v) is 1.48. The number of carbonyl (C=O) groups excluding carboxylic acids is 3. The van der Waals surface area contributed by atoms with Gasteiger partial charge in [-0.25, -0.2) is 14.4 Å². The third-order valence-corrected chi connectivity index (χ3v) is 2.55. The van der Waals surface area contributed by atoms with Crippen LogP contribution in [0.4, 0.5) is 10.5 Å². The summed E-state index contributed by atoms with van der Waals surface area (Å²) in [5, 5.41) is 4.12. The molecule has 7 heteroatoms. The van der Waals surface area contributed by atoms with E-state index >= 15 is 0 Å². The molecule has 0 heterocycles. The second kappa shape index (κ2) is 8.39. The number of benzene rings is 1. The topological polar surface area (TPSA) is 85.3 Å². The zero-order valence-corrected chi connectivity index (χ0v) is 12.4. The number of esters is 1. The second-order valence-corrected chi connectivity index (χ2v) is 4.32. The first-order valence-corrected chi connectivity index (χ1v) is 6.40. The molecule has 1 amide bonds. The summed E-state index contributed by atoms with van der Waals surface area (Å²) in [7, 11) is 0. The predicted molar refractivity (Wildman–Crippen MR) is 78.9 cm³/mol. The summed E-state index contributed by atoms with van der Waals surface area (Å²) in [5.74, 6) is -0.572. The Kier molecular flexibility index (Phi) is 6.53. The van der Waals surface area contributed by atoms with E-state index in [1.54, 1.807) is 31.2 Å². The van der Waals surface area contributed by atoms with E-state index in [1.165, 1.54) is 13.0 Å². The maximum atomic E-state index is 11.9. The van der Waals surface area contributed by atoms with E-state index < -0.39 is 12.1 Å². The molecule has 0 aromatic heterocycles. The maximum absolute atomic E-state index is 11.9. The number of aryl methyl sites for hydroxylation is 1. The van der Waals surface area contributed by atoms with Crippen molar-refractivity contribution in [3.63, 3.8) is 0 Å². The van der Waals surface area contributed by atoms with Crippen LogP contribution in [0, 0.1) is 6.92 Å². The lowest BCUT2D eigenvalue weighted by Crippen LogP contribution is -2.28. The van der Waals surface area contributed by atoms with Crippen LogP contribution in [0.15, 0.2) is 41.5 Å². The number of rotatable bonds is 6. The minimum Gasteiger partial charge on any atom is -0.459 e. The molecule has 0 radical (unpaired) electrons. The lowest BCUT2D eigenvalue weighted by Gasteiger charge is -2.16. The molecule has 0 spiro atoms. The second-order valence-electron chi connectivity index (χ2n) is 4.32. The van der Waals surface area contributed by atoms with Crippen LogP contribution in [0.3, 0.4) is 0 Å². The molecule has 22 heavy (non-hydrogen) atoms. The van der Waals surface area contributed by atoms with Gasteiger partial charge in [0.2, 0.25) is 0 Å². The summed E-state index contributed by atoms with van der Waals surface area (Å²) < 4.78 is 9.68. The third-order valence-electron chi connectivity index (χ3n) is 2.55. The van der Waals surface area contributed by atoms with Crippen molar-refractivity contribution >= 4 is 23.8 Å². The number of carbonyl (C=O) groups is 2. The van der Waals surface area contributed by atoms with E-state index in [4.69, 9.17) is 9.47 Å². The summed E-state index contributed by atoms with van der Waals surface area (Å²) in [6.45, 7) is 6.39. The highest BCUT2D eigenvalue weighted by Gasteiger charge is 2.18. The number of isocyanates is 1. The Morgan fingerprint density at radius 2 is 1.91 bits per heavy atom. The van der Waals surface area contributed by atoms with Crippen molar-refractivity contribution in [2.45, 2.75) is 13.8 Å². The Morgan fingerprint density at radius 1 is 1.27 bits per heavy atom. The van der Waals surface area contributed by atoms with Crippen molar-refractivity contribution in [3.8, 4) is 0 Å². The average Bonchev–Trinajstić information content (AvgIpc) is 2.49. The van der Waals surface area contributed by atoms with Gasteiger partial charge in [0, 0.05) is 5.57 Å².